The largest absolute Gasteiger partial charge is 0.387 e. The fourth-order valence-corrected chi connectivity index (χ4v) is 4.71. The number of ketones is 1. The third-order valence-corrected chi connectivity index (χ3v) is 5.55. The molecule has 0 amide bonds. The van der Waals surface area contributed by atoms with E-state index in [-0.39, 0.29) is 11.8 Å². The first-order chi connectivity index (χ1) is 9.18. The Balaban J connectivity index is 2.02. The maximum atomic E-state index is 12.7. The van der Waals surface area contributed by atoms with Crippen molar-refractivity contribution >= 4 is 5.78 Å². The fourth-order valence-electron chi connectivity index (χ4n) is 4.71. The second-order valence-electron chi connectivity index (χ2n) is 6.22. The van der Waals surface area contributed by atoms with Crippen molar-refractivity contribution in [2.24, 2.45) is 0 Å². The van der Waals surface area contributed by atoms with Gasteiger partial charge in [0, 0.05) is 12.5 Å². The zero-order valence-electron chi connectivity index (χ0n) is 11.0. The molecule has 0 radical (unpaired) electrons. The second kappa shape index (κ2) is 3.68. The van der Waals surface area contributed by atoms with Crippen LogP contribution >= 0.6 is 0 Å². The Morgan fingerprint density at radius 2 is 2.11 bits per heavy atom. The minimum Gasteiger partial charge on any atom is -0.387 e. The molecule has 100 valence electrons. The third kappa shape index (κ3) is 1.23. The van der Waals surface area contributed by atoms with E-state index in [0.717, 1.165) is 37.8 Å². The number of piperidine rings is 1. The lowest BCUT2D eigenvalue weighted by Crippen LogP contribution is -2.74. The van der Waals surface area contributed by atoms with E-state index in [4.69, 9.17) is 0 Å². The standard InChI is InChI=1S/C16H19NO2/c18-14-6-3-7-16(19)13-10-11-4-1-2-5-12(11)15(14,16)8-9-17-13/h1-2,4-5,13,17,19H,3,6-10H2/t13-,15+,16-/m1/s1. The maximum absolute atomic E-state index is 12.7. The Morgan fingerprint density at radius 1 is 1.26 bits per heavy atom. The van der Waals surface area contributed by atoms with Gasteiger partial charge in [-0.15, -0.1) is 0 Å². The molecule has 19 heavy (non-hydrogen) atoms. The maximum Gasteiger partial charge on any atom is 0.146 e. The summed E-state index contributed by atoms with van der Waals surface area (Å²) in [5, 5.41) is 14.7. The highest BCUT2D eigenvalue weighted by molar-refractivity contribution is 5.94. The van der Waals surface area contributed by atoms with E-state index in [9.17, 15) is 9.90 Å². The van der Waals surface area contributed by atoms with E-state index < -0.39 is 11.0 Å². The second-order valence-corrected chi connectivity index (χ2v) is 6.22. The van der Waals surface area contributed by atoms with Crippen molar-refractivity contribution in [3.8, 4) is 0 Å². The average molecular weight is 257 g/mol. The summed E-state index contributed by atoms with van der Waals surface area (Å²) in [6.45, 7) is 0.826. The lowest BCUT2D eigenvalue weighted by molar-refractivity contribution is -0.158. The van der Waals surface area contributed by atoms with Gasteiger partial charge in [-0.25, -0.2) is 0 Å². The van der Waals surface area contributed by atoms with Gasteiger partial charge in [0.15, 0.2) is 0 Å². The number of hydrogen-bond acceptors (Lipinski definition) is 3. The van der Waals surface area contributed by atoms with E-state index in [0.29, 0.717) is 6.42 Å². The third-order valence-electron chi connectivity index (χ3n) is 5.55. The molecule has 1 aromatic rings. The number of carbonyl (C=O) groups excluding carboxylic acids is 1. The van der Waals surface area contributed by atoms with Gasteiger partial charge in [-0.05, 0) is 43.4 Å². The number of hydrogen-bond donors (Lipinski definition) is 2. The minimum absolute atomic E-state index is 0.0281. The van der Waals surface area contributed by atoms with Gasteiger partial charge in [-0.1, -0.05) is 24.3 Å². The summed E-state index contributed by atoms with van der Waals surface area (Å²) in [5.41, 5.74) is 0.810. The van der Waals surface area contributed by atoms with E-state index >= 15 is 0 Å². The minimum atomic E-state index is -0.880. The van der Waals surface area contributed by atoms with Crippen LogP contribution in [0.15, 0.2) is 24.3 Å². The van der Waals surface area contributed by atoms with Gasteiger partial charge < -0.3 is 10.4 Å². The first kappa shape index (κ1) is 11.6. The average Bonchev–Trinajstić information content (AvgIpc) is 2.39. The normalized spacial score (nSPS) is 40.5. The molecule has 3 nitrogen and oxygen atoms in total. The van der Waals surface area contributed by atoms with Gasteiger partial charge in [0.05, 0.1) is 11.0 Å². The summed E-state index contributed by atoms with van der Waals surface area (Å²) >= 11 is 0. The van der Waals surface area contributed by atoms with E-state index in [1.54, 1.807) is 0 Å². The summed E-state index contributed by atoms with van der Waals surface area (Å²) in [4.78, 5) is 12.7. The molecular weight excluding hydrogens is 238 g/mol. The van der Waals surface area contributed by atoms with Crippen LogP contribution in [0.3, 0.4) is 0 Å². The van der Waals surface area contributed by atoms with E-state index in [2.05, 4.69) is 17.4 Å². The number of fused-ring (bicyclic) bond motifs is 1. The molecule has 2 aliphatic carbocycles. The summed E-state index contributed by atoms with van der Waals surface area (Å²) in [5.74, 6) is 0.250. The van der Waals surface area contributed by atoms with Crippen LogP contribution in [0.2, 0.25) is 0 Å². The molecule has 2 fully saturated rings. The fraction of sp³-hybridized carbons (Fsp3) is 0.562. The Hall–Kier alpha value is -1.19. The molecule has 1 heterocycles. The van der Waals surface area contributed by atoms with Gasteiger partial charge in [0.2, 0.25) is 0 Å². The summed E-state index contributed by atoms with van der Waals surface area (Å²) in [6, 6.07) is 8.23. The summed E-state index contributed by atoms with van der Waals surface area (Å²) in [7, 11) is 0. The van der Waals surface area contributed by atoms with E-state index in [1.807, 2.05) is 12.1 Å². The van der Waals surface area contributed by atoms with Crippen LogP contribution in [-0.2, 0) is 16.6 Å². The molecule has 0 unspecified atom stereocenters. The predicted molar refractivity (Wildman–Crippen MR) is 72.0 cm³/mol. The quantitative estimate of drug-likeness (QED) is 0.737. The van der Waals surface area contributed by atoms with Gasteiger partial charge in [-0.2, -0.15) is 0 Å². The number of rotatable bonds is 0. The molecular formula is C16H19NO2. The number of aliphatic hydroxyl groups is 1. The zero-order chi connectivity index (χ0) is 13.1. The van der Waals surface area contributed by atoms with Crippen LogP contribution in [0.4, 0.5) is 0 Å². The molecule has 1 saturated carbocycles. The highest BCUT2D eigenvalue weighted by Crippen LogP contribution is 2.54. The summed E-state index contributed by atoms with van der Waals surface area (Å²) < 4.78 is 0. The topological polar surface area (TPSA) is 49.3 Å². The first-order valence-electron chi connectivity index (χ1n) is 7.26. The lowest BCUT2D eigenvalue weighted by Gasteiger charge is -2.59. The SMILES string of the molecule is O=C1CCC[C@@]2(O)[C@H]3Cc4ccccc4[C@@]12CCN3. The highest BCUT2D eigenvalue weighted by Gasteiger charge is 2.65. The highest BCUT2D eigenvalue weighted by atomic mass is 16.3. The molecule has 3 heteroatoms. The molecule has 1 saturated heterocycles. The Morgan fingerprint density at radius 3 is 3.00 bits per heavy atom. The van der Waals surface area contributed by atoms with Crippen molar-refractivity contribution in [2.45, 2.75) is 49.2 Å². The monoisotopic (exact) mass is 257 g/mol. The smallest absolute Gasteiger partial charge is 0.146 e. The van der Waals surface area contributed by atoms with Crippen LogP contribution in [0.25, 0.3) is 0 Å². The van der Waals surface area contributed by atoms with Gasteiger partial charge in [0.1, 0.15) is 5.78 Å². The van der Waals surface area contributed by atoms with Gasteiger partial charge in [-0.3, -0.25) is 4.79 Å². The van der Waals surface area contributed by atoms with Crippen LogP contribution in [-0.4, -0.2) is 29.1 Å². The number of Topliss-reactive ketones (excluding diaryl/α,β-unsaturated/α-hetero) is 1. The van der Waals surface area contributed by atoms with Crippen molar-refractivity contribution in [3.05, 3.63) is 35.4 Å². The van der Waals surface area contributed by atoms with Crippen molar-refractivity contribution in [1.29, 1.82) is 0 Å². The molecule has 3 atom stereocenters. The van der Waals surface area contributed by atoms with Crippen molar-refractivity contribution in [2.75, 3.05) is 6.54 Å². The van der Waals surface area contributed by atoms with Crippen LogP contribution in [0.5, 0.6) is 0 Å². The number of carbonyl (C=O) groups is 1. The van der Waals surface area contributed by atoms with Crippen molar-refractivity contribution < 1.29 is 9.90 Å². The molecule has 2 N–H and O–H groups in total. The van der Waals surface area contributed by atoms with Crippen LogP contribution in [0, 0.1) is 0 Å². The Kier molecular flexibility index (Phi) is 2.25. The lowest BCUT2D eigenvalue weighted by atomic mass is 9.49. The molecule has 2 bridgehead atoms. The zero-order valence-corrected chi connectivity index (χ0v) is 11.0. The predicted octanol–water partition coefficient (Wildman–Crippen LogP) is 1.33. The van der Waals surface area contributed by atoms with Gasteiger partial charge in [0.25, 0.3) is 0 Å². The molecule has 4 rings (SSSR count). The Labute approximate surface area is 113 Å². The van der Waals surface area contributed by atoms with E-state index in [1.165, 1.54) is 5.56 Å². The molecule has 0 spiro atoms. The molecule has 1 aromatic carbocycles. The number of benzene rings is 1. The Bertz CT molecular complexity index is 555. The molecule has 0 aromatic heterocycles. The summed E-state index contributed by atoms with van der Waals surface area (Å²) in [6.07, 6.45) is 3.74. The first-order valence-corrected chi connectivity index (χ1v) is 7.26. The van der Waals surface area contributed by atoms with Crippen LogP contribution < -0.4 is 5.32 Å². The number of nitrogens with one attached hydrogen (secondary N) is 1. The van der Waals surface area contributed by atoms with Crippen molar-refractivity contribution in [3.63, 3.8) is 0 Å². The molecule has 3 aliphatic rings. The van der Waals surface area contributed by atoms with Crippen molar-refractivity contribution in [1.82, 2.24) is 5.32 Å². The molecule has 1 aliphatic heterocycles. The van der Waals surface area contributed by atoms with Gasteiger partial charge >= 0.3 is 0 Å². The van der Waals surface area contributed by atoms with Crippen LogP contribution in [0.1, 0.15) is 36.8 Å².